The van der Waals surface area contributed by atoms with Gasteiger partial charge in [0.1, 0.15) is 5.76 Å². The zero-order chi connectivity index (χ0) is 14.8. The van der Waals surface area contributed by atoms with Gasteiger partial charge in [0.2, 0.25) is 0 Å². The van der Waals surface area contributed by atoms with E-state index in [-0.39, 0.29) is 17.8 Å². The number of nitrogens with zero attached hydrogens (tertiary/aromatic N) is 1. The van der Waals surface area contributed by atoms with Crippen molar-refractivity contribution in [2.24, 2.45) is 0 Å². The van der Waals surface area contributed by atoms with Crippen LogP contribution in [0.15, 0.2) is 41.7 Å². The summed E-state index contributed by atoms with van der Waals surface area (Å²) in [5, 5.41) is 18.3. The van der Waals surface area contributed by atoms with Crippen molar-refractivity contribution in [3.05, 3.63) is 47.2 Å². The normalized spacial score (nSPS) is 22.6. The van der Waals surface area contributed by atoms with Gasteiger partial charge in [0.05, 0.1) is 18.1 Å². The first kappa shape index (κ1) is 14.4. The number of nitriles is 1. The predicted octanol–water partition coefficient (Wildman–Crippen LogP) is 3.07. The van der Waals surface area contributed by atoms with Gasteiger partial charge in [-0.2, -0.15) is 18.4 Å². The molecule has 1 N–H and O–H groups in total. The Bertz CT molecular complexity index is 560. The Kier molecular flexibility index (Phi) is 3.73. The van der Waals surface area contributed by atoms with E-state index in [2.05, 4.69) is 4.74 Å². The van der Waals surface area contributed by atoms with Gasteiger partial charge in [-0.3, -0.25) is 0 Å². The monoisotopic (exact) mass is 283 g/mol. The summed E-state index contributed by atoms with van der Waals surface area (Å²) in [6.07, 6.45) is -5.19. The molecule has 6 heteroatoms. The Morgan fingerprint density at radius 3 is 2.45 bits per heavy atom. The molecule has 1 aliphatic heterocycles. The fourth-order valence-corrected chi connectivity index (χ4v) is 2.00. The van der Waals surface area contributed by atoms with E-state index in [1.54, 1.807) is 6.07 Å². The number of hydrogen-bond donors (Lipinski definition) is 1. The number of alkyl halides is 3. The highest BCUT2D eigenvalue weighted by Crippen LogP contribution is 2.44. The van der Waals surface area contributed by atoms with Crippen molar-refractivity contribution in [2.45, 2.75) is 31.2 Å². The quantitative estimate of drug-likeness (QED) is 0.927. The third-order valence-electron chi connectivity index (χ3n) is 3.11. The number of allylic oxidation sites excluding steroid dienone is 1. The van der Waals surface area contributed by atoms with Crippen LogP contribution in [0.3, 0.4) is 0 Å². The molecule has 0 saturated carbocycles. The molecule has 0 fully saturated rings. The van der Waals surface area contributed by atoms with Crippen LogP contribution in [0.25, 0.3) is 0 Å². The maximum absolute atomic E-state index is 12.7. The zero-order valence-corrected chi connectivity index (χ0v) is 10.4. The number of hydrogen-bond acceptors (Lipinski definition) is 3. The van der Waals surface area contributed by atoms with E-state index in [0.717, 1.165) is 5.56 Å². The van der Waals surface area contributed by atoms with Crippen LogP contribution in [-0.4, -0.2) is 17.1 Å². The van der Waals surface area contributed by atoms with Crippen LogP contribution >= 0.6 is 0 Å². The second-order valence-corrected chi connectivity index (χ2v) is 4.56. The number of aliphatic hydroxyl groups is 1. The molecule has 0 amide bonds. The molecule has 1 aliphatic rings. The molecule has 3 nitrogen and oxygen atoms in total. The smallest absolute Gasteiger partial charge is 0.455 e. The molecule has 2 rings (SSSR count). The number of halogens is 3. The summed E-state index contributed by atoms with van der Waals surface area (Å²) in [7, 11) is 0. The van der Waals surface area contributed by atoms with Gasteiger partial charge in [0, 0.05) is 6.42 Å². The Morgan fingerprint density at radius 1 is 1.25 bits per heavy atom. The SMILES string of the molecule is N#CC1=C(CCc2ccccc2)OC(O)(C(F)(F)F)C1. The van der Waals surface area contributed by atoms with E-state index < -0.39 is 18.4 Å². The number of aryl methyl sites for hydroxylation is 1. The molecule has 0 bridgehead atoms. The van der Waals surface area contributed by atoms with Gasteiger partial charge in [-0.25, -0.2) is 0 Å². The van der Waals surface area contributed by atoms with E-state index in [4.69, 9.17) is 5.26 Å². The first-order valence-electron chi connectivity index (χ1n) is 6.00. The second kappa shape index (κ2) is 5.17. The van der Waals surface area contributed by atoms with Crippen molar-refractivity contribution in [3.8, 4) is 6.07 Å². The lowest BCUT2D eigenvalue weighted by atomic mass is 10.0. The van der Waals surface area contributed by atoms with Crippen molar-refractivity contribution in [1.29, 1.82) is 5.26 Å². The molecule has 1 unspecified atom stereocenters. The van der Waals surface area contributed by atoms with Gasteiger partial charge >= 0.3 is 12.0 Å². The van der Waals surface area contributed by atoms with Crippen molar-refractivity contribution >= 4 is 0 Å². The number of benzene rings is 1. The molecule has 1 aromatic rings. The molecule has 0 aromatic heterocycles. The van der Waals surface area contributed by atoms with Gasteiger partial charge in [0.15, 0.2) is 0 Å². The molecule has 20 heavy (non-hydrogen) atoms. The van der Waals surface area contributed by atoms with Crippen LogP contribution < -0.4 is 0 Å². The van der Waals surface area contributed by atoms with E-state index in [1.807, 2.05) is 30.3 Å². The van der Waals surface area contributed by atoms with Crippen molar-refractivity contribution in [1.82, 2.24) is 0 Å². The van der Waals surface area contributed by atoms with Crippen LogP contribution in [0.5, 0.6) is 0 Å². The van der Waals surface area contributed by atoms with E-state index in [0.29, 0.717) is 6.42 Å². The first-order chi connectivity index (χ1) is 9.36. The van der Waals surface area contributed by atoms with E-state index in [9.17, 15) is 18.3 Å². The lowest BCUT2D eigenvalue weighted by Crippen LogP contribution is -2.45. The van der Waals surface area contributed by atoms with Gasteiger partial charge in [0.25, 0.3) is 0 Å². The van der Waals surface area contributed by atoms with Gasteiger partial charge in [-0.05, 0) is 12.0 Å². The van der Waals surface area contributed by atoms with Crippen LogP contribution in [-0.2, 0) is 11.2 Å². The fraction of sp³-hybridized carbons (Fsp3) is 0.357. The van der Waals surface area contributed by atoms with Crippen LogP contribution in [0.2, 0.25) is 0 Å². The first-order valence-corrected chi connectivity index (χ1v) is 6.00. The standard InChI is InChI=1S/C14H12F3NO2/c15-14(16,17)13(19)8-11(9-18)12(20-13)7-6-10-4-2-1-3-5-10/h1-5,19H,6-8H2. The van der Waals surface area contributed by atoms with Crippen molar-refractivity contribution < 1.29 is 23.0 Å². The van der Waals surface area contributed by atoms with E-state index >= 15 is 0 Å². The Morgan fingerprint density at radius 2 is 1.90 bits per heavy atom. The van der Waals surface area contributed by atoms with Gasteiger partial charge in [-0.1, -0.05) is 30.3 Å². The number of rotatable bonds is 3. The summed E-state index contributed by atoms with van der Waals surface area (Å²) in [5.74, 6) is -3.36. The summed E-state index contributed by atoms with van der Waals surface area (Å²) in [6, 6.07) is 10.8. The molecule has 106 valence electrons. The summed E-state index contributed by atoms with van der Waals surface area (Å²) in [5.41, 5.74) is 0.768. The Balaban J connectivity index is 2.09. The average molecular weight is 283 g/mol. The minimum atomic E-state index is -4.93. The zero-order valence-electron chi connectivity index (χ0n) is 10.4. The van der Waals surface area contributed by atoms with Crippen molar-refractivity contribution in [2.75, 3.05) is 0 Å². The third-order valence-corrected chi connectivity index (χ3v) is 3.11. The van der Waals surface area contributed by atoms with E-state index in [1.165, 1.54) is 0 Å². The summed E-state index contributed by atoms with van der Waals surface area (Å²) >= 11 is 0. The Labute approximate surface area is 113 Å². The molecule has 1 aromatic carbocycles. The summed E-state index contributed by atoms with van der Waals surface area (Å²) < 4.78 is 42.7. The molecule has 0 aliphatic carbocycles. The van der Waals surface area contributed by atoms with Crippen LogP contribution in [0.1, 0.15) is 18.4 Å². The molecular formula is C14H12F3NO2. The van der Waals surface area contributed by atoms with Gasteiger partial charge in [-0.15, -0.1) is 0 Å². The summed E-state index contributed by atoms with van der Waals surface area (Å²) in [4.78, 5) is 0. The van der Waals surface area contributed by atoms with Crippen LogP contribution in [0.4, 0.5) is 13.2 Å². The molecular weight excluding hydrogens is 271 g/mol. The number of ether oxygens (including phenoxy) is 1. The van der Waals surface area contributed by atoms with Crippen LogP contribution in [0, 0.1) is 11.3 Å². The largest absolute Gasteiger partial charge is 0.456 e. The molecule has 0 radical (unpaired) electrons. The Hall–Kier alpha value is -2.00. The third kappa shape index (κ3) is 2.78. The minimum absolute atomic E-state index is 0.0869. The molecule has 0 saturated heterocycles. The summed E-state index contributed by atoms with van der Waals surface area (Å²) in [6.45, 7) is 0. The fourth-order valence-electron chi connectivity index (χ4n) is 2.00. The highest BCUT2D eigenvalue weighted by molar-refractivity contribution is 5.31. The average Bonchev–Trinajstić information content (AvgIpc) is 2.75. The molecule has 0 spiro atoms. The lowest BCUT2D eigenvalue weighted by molar-refractivity contribution is -0.345. The highest BCUT2D eigenvalue weighted by Gasteiger charge is 2.60. The topological polar surface area (TPSA) is 53.2 Å². The minimum Gasteiger partial charge on any atom is -0.456 e. The lowest BCUT2D eigenvalue weighted by Gasteiger charge is -2.25. The van der Waals surface area contributed by atoms with Gasteiger partial charge < -0.3 is 9.84 Å². The maximum atomic E-state index is 12.7. The highest BCUT2D eigenvalue weighted by atomic mass is 19.4. The molecule has 1 heterocycles. The second-order valence-electron chi connectivity index (χ2n) is 4.56. The maximum Gasteiger partial charge on any atom is 0.455 e. The van der Waals surface area contributed by atoms with Crippen molar-refractivity contribution in [3.63, 3.8) is 0 Å². The predicted molar refractivity (Wildman–Crippen MR) is 64.1 cm³/mol. The molecule has 1 atom stereocenters.